The summed E-state index contributed by atoms with van der Waals surface area (Å²) in [4.78, 5) is 11.7. The summed E-state index contributed by atoms with van der Waals surface area (Å²) in [6.45, 7) is 8.16. The number of hydrogen-bond donors (Lipinski definition) is 2. The van der Waals surface area contributed by atoms with E-state index >= 15 is 0 Å². The summed E-state index contributed by atoms with van der Waals surface area (Å²) in [7, 11) is 0. The van der Waals surface area contributed by atoms with Crippen LogP contribution in [0.25, 0.3) is 0 Å². The standard InChI is InChI=1S/C16H26N2O2/c1-11(2)13(4)18-16(19)10-20-15-7-5-14(6-8-15)9-12(3)17/h5-8,11-13H,9-10,17H2,1-4H3,(H,18,19). The summed E-state index contributed by atoms with van der Waals surface area (Å²) in [5.41, 5.74) is 6.92. The van der Waals surface area contributed by atoms with Gasteiger partial charge in [0.25, 0.3) is 5.91 Å². The van der Waals surface area contributed by atoms with Gasteiger partial charge >= 0.3 is 0 Å². The van der Waals surface area contributed by atoms with Gasteiger partial charge in [0.1, 0.15) is 5.75 Å². The molecule has 4 heteroatoms. The molecule has 20 heavy (non-hydrogen) atoms. The molecule has 112 valence electrons. The maximum Gasteiger partial charge on any atom is 0.258 e. The van der Waals surface area contributed by atoms with Crippen molar-refractivity contribution < 1.29 is 9.53 Å². The number of nitrogens with two attached hydrogens (primary N) is 1. The van der Waals surface area contributed by atoms with E-state index in [9.17, 15) is 4.79 Å². The lowest BCUT2D eigenvalue weighted by Crippen LogP contribution is -2.38. The molecule has 0 aromatic heterocycles. The van der Waals surface area contributed by atoms with Crippen LogP contribution < -0.4 is 15.8 Å². The van der Waals surface area contributed by atoms with Crippen molar-refractivity contribution in [1.82, 2.24) is 5.32 Å². The van der Waals surface area contributed by atoms with Gasteiger partial charge < -0.3 is 15.8 Å². The van der Waals surface area contributed by atoms with Crippen molar-refractivity contribution in [1.29, 1.82) is 0 Å². The van der Waals surface area contributed by atoms with Gasteiger partial charge in [-0.3, -0.25) is 4.79 Å². The maximum absolute atomic E-state index is 11.7. The summed E-state index contributed by atoms with van der Waals surface area (Å²) >= 11 is 0. The molecule has 0 fully saturated rings. The second-order valence-electron chi connectivity index (χ2n) is 5.71. The Labute approximate surface area is 121 Å². The van der Waals surface area contributed by atoms with E-state index in [4.69, 9.17) is 10.5 Å². The highest BCUT2D eigenvalue weighted by molar-refractivity contribution is 5.77. The normalized spacial score (nSPS) is 13.9. The number of carbonyl (C=O) groups excluding carboxylic acids is 1. The average molecular weight is 278 g/mol. The Hall–Kier alpha value is -1.55. The van der Waals surface area contributed by atoms with Crippen molar-refractivity contribution in [3.8, 4) is 5.75 Å². The molecule has 0 heterocycles. The number of carbonyl (C=O) groups is 1. The van der Waals surface area contributed by atoms with E-state index in [-0.39, 0.29) is 24.6 Å². The molecule has 1 amide bonds. The number of rotatable bonds is 7. The highest BCUT2D eigenvalue weighted by atomic mass is 16.5. The zero-order valence-electron chi connectivity index (χ0n) is 12.8. The minimum Gasteiger partial charge on any atom is -0.484 e. The molecule has 0 saturated carbocycles. The fraction of sp³-hybridized carbons (Fsp3) is 0.562. The highest BCUT2D eigenvalue weighted by Crippen LogP contribution is 2.13. The van der Waals surface area contributed by atoms with Crippen LogP contribution in [0.15, 0.2) is 24.3 Å². The molecule has 0 aliphatic heterocycles. The Morgan fingerprint density at radius 2 is 1.80 bits per heavy atom. The molecule has 0 radical (unpaired) electrons. The summed E-state index contributed by atoms with van der Waals surface area (Å²) in [5.74, 6) is 1.02. The molecule has 0 aliphatic rings. The van der Waals surface area contributed by atoms with Gasteiger partial charge in [-0.25, -0.2) is 0 Å². The molecular formula is C16H26N2O2. The van der Waals surface area contributed by atoms with Crippen molar-refractivity contribution in [3.63, 3.8) is 0 Å². The van der Waals surface area contributed by atoms with Crippen LogP contribution in [0.2, 0.25) is 0 Å². The minimum absolute atomic E-state index is 0.0453. The largest absolute Gasteiger partial charge is 0.484 e. The lowest BCUT2D eigenvalue weighted by atomic mass is 10.1. The third-order valence-electron chi connectivity index (χ3n) is 3.24. The van der Waals surface area contributed by atoms with Crippen molar-refractivity contribution >= 4 is 5.91 Å². The van der Waals surface area contributed by atoms with Gasteiger partial charge in [0.2, 0.25) is 0 Å². The summed E-state index contributed by atoms with van der Waals surface area (Å²) in [6.07, 6.45) is 0.840. The smallest absolute Gasteiger partial charge is 0.258 e. The quantitative estimate of drug-likeness (QED) is 0.803. The van der Waals surface area contributed by atoms with E-state index < -0.39 is 0 Å². The number of amides is 1. The van der Waals surface area contributed by atoms with Crippen LogP contribution >= 0.6 is 0 Å². The molecule has 1 aromatic rings. The van der Waals surface area contributed by atoms with Crippen LogP contribution in [0, 0.1) is 5.92 Å². The van der Waals surface area contributed by atoms with Gasteiger partial charge in [-0.2, -0.15) is 0 Å². The van der Waals surface area contributed by atoms with Crippen LogP contribution in [0.1, 0.15) is 33.3 Å². The number of hydrogen-bond acceptors (Lipinski definition) is 3. The van der Waals surface area contributed by atoms with E-state index in [2.05, 4.69) is 19.2 Å². The van der Waals surface area contributed by atoms with Gasteiger partial charge in [0.05, 0.1) is 0 Å². The summed E-state index contributed by atoms with van der Waals surface area (Å²) in [5, 5.41) is 2.91. The minimum atomic E-state index is -0.0918. The zero-order chi connectivity index (χ0) is 15.1. The Bertz CT molecular complexity index is 413. The molecule has 2 unspecified atom stereocenters. The average Bonchev–Trinajstić information content (AvgIpc) is 2.37. The molecule has 0 saturated heterocycles. The molecule has 1 rings (SSSR count). The predicted molar refractivity (Wildman–Crippen MR) is 81.7 cm³/mol. The zero-order valence-corrected chi connectivity index (χ0v) is 12.8. The van der Waals surface area contributed by atoms with Gasteiger partial charge in [-0.15, -0.1) is 0 Å². The van der Waals surface area contributed by atoms with E-state index in [1.165, 1.54) is 5.56 Å². The van der Waals surface area contributed by atoms with Crippen molar-refractivity contribution in [3.05, 3.63) is 29.8 Å². The second-order valence-corrected chi connectivity index (χ2v) is 5.71. The Balaban J connectivity index is 2.40. The molecule has 2 atom stereocenters. The summed E-state index contributed by atoms with van der Waals surface area (Å²) in [6, 6.07) is 8.00. The molecule has 3 N–H and O–H groups in total. The first-order valence-corrected chi connectivity index (χ1v) is 7.15. The number of ether oxygens (including phenoxy) is 1. The topological polar surface area (TPSA) is 64.3 Å². The van der Waals surface area contributed by atoms with Crippen LogP contribution in [0.3, 0.4) is 0 Å². The van der Waals surface area contributed by atoms with Crippen LogP contribution in [-0.2, 0) is 11.2 Å². The molecule has 0 spiro atoms. The van der Waals surface area contributed by atoms with Crippen LogP contribution in [-0.4, -0.2) is 24.6 Å². The SMILES string of the molecule is CC(N)Cc1ccc(OCC(=O)NC(C)C(C)C)cc1. The second kappa shape index (κ2) is 7.90. The lowest BCUT2D eigenvalue weighted by molar-refractivity contribution is -0.124. The monoisotopic (exact) mass is 278 g/mol. The molecule has 1 aromatic carbocycles. The van der Waals surface area contributed by atoms with Crippen molar-refractivity contribution in [2.24, 2.45) is 11.7 Å². The molecular weight excluding hydrogens is 252 g/mol. The van der Waals surface area contributed by atoms with Crippen LogP contribution in [0.5, 0.6) is 5.75 Å². The van der Waals surface area contributed by atoms with E-state index in [0.29, 0.717) is 11.7 Å². The first kappa shape index (κ1) is 16.5. The third kappa shape index (κ3) is 6.06. The van der Waals surface area contributed by atoms with E-state index in [0.717, 1.165) is 6.42 Å². The molecule has 0 aliphatic carbocycles. The first-order chi connectivity index (χ1) is 9.38. The maximum atomic E-state index is 11.7. The highest BCUT2D eigenvalue weighted by Gasteiger charge is 2.11. The Kier molecular flexibility index (Phi) is 6.52. The third-order valence-corrected chi connectivity index (χ3v) is 3.24. The molecule has 0 bridgehead atoms. The fourth-order valence-electron chi connectivity index (χ4n) is 1.70. The van der Waals surface area contributed by atoms with Crippen LogP contribution in [0.4, 0.5) is 0 Å². The summed E-state index contributed by atoms with van der Waals surface area (Å²) < 4.78 is 5.47. The van der Waals surface area contributed by atoms with Gasteiger partial charge in [0, 0.05) is 12.1 Å². The van der Waals surface area contributed by atoms with Gasteiger partial charge in [-0.1, -0.05) is 26.0 Å². The number of benzene rings is 1. The van der Waals surface area contributed by atoms with E-state index in [1.54, 1.807) is 0 Å². The Morgan fingerprint density at radius 1 is 1.20 bits per heavy atom. The van der Waals surface area contributed by atoms with Crippen molar-refractivity contribution in [2.75, 3.05) is 6.61 Å². The Morgan fingerprint density at radius 3 is 2.30 bits per heavy atom. The number of nitrogens with one attached hydrogen (secondary N) is 1. The lowest BCUT2D eigenvalue weighted by Gasteiger charge is -2.17. The van der Waals surface area contributed by atoms with Gasteiger partial charge in [0.15, 0.2) is 6.61 Å². The van der Waals surface area contributed by atoms with Crippen molar-refractivity contribution in [2.45, 2.75) is 46.2 Å². The molecule has 4 nitrogen and oxygen atoms in total. The fourth-order valence-corrected chi connectivity index (χ4v) is 1.70. The first-order valence-electron chi connectivity index (χ1n) is 7.15. The van der Waals surface area contributed by atoms with Gasteiger partial charge in [-0.05, 0) is 43.9 Å². The van der Waals surface area contributed by atoms with E-state index in [1.807, 2.05) is 38.1 Å². The predicted octanol–water partition coefficient (Wildman–Crippen LogP) is 2.12.